The summed E-state index contributed by atoms with van der Waals surface area (Å²) in [6.07, 6.45) is 2.30. The second-order valence-electron chi connectivity index (χ2n) is 4.85. The van der Waals surface area contributed by atoms with Gasteiger partial charge in [0.05, 0.1) is 11.1 Å². The number of nitrogens with zero attached hydrogens (tertiary/aromatic N) is 2. The molecule has 3 rings (SSSR count). The van der Waals surface area contributed by atoms with E-state index < -0.39 is 10.0 Å². The van der Waals surface area contributed by atoms with Gasteiger partial charge in [-0.3, -0.25) is 0 Å². The van der Waals surface area contributed by atoms with E-state index in [4.69, 9.17) is 9.88 Å². The molecule has 0 amide bonds. The standard InChI is InChI=1S/C13H14BrN5O3S/c14-9-7-17-13-18-8-2-3-11(23(15,20)21)10(6-8)22-5-1-4-16-12(9)19-13/h2-3,6-7H,1,4-5H2,(H2,15,20,21)(H2,16,17,18,19). The van der Waals surface area contributed by atoms with Crippen LogP contribution in [0.3, 0.4) is 0 Å². The second-order valence-corrected chi connectivity index (χ2v) is 7.23. The third-order valence-electron chi connectivity index (χ3n) is 3.12. The van der Waals surface area contributed by atoms with E-state index in [9.17, 15) is 8.42 Å². The van der Waals surface area contributed by atoms with Gasteiger partial charge in [-0.25, -0.2) is 18.5 Å². The van der Waals surface area contributed by atoms with Crippen LogP contribution >= 0.6 is 15.9 Å². The first-order chi connectivity index (χ1) is 10.9. The van der Waals surface area contributed by atoms with Crippen LogP contribution in [0.4, 0.5) is 17.5 Å². The van der Waals surface area contributed by atoms with E-state index in [2.05, 4.69) is 36.5 Å². The monoisotopic (exact) mass is 399 g/mol. The predicted molar refractivity (Wildman–Crippen MR) is 89.4 cm³/mol. The van der Waals surface area contributed by atoms with E-state index in [1.807, 2.05) is 0 Å². The van der Waals surface area contributed by atoms with Crippen LogP contribution in [-0.2, 0) is 10.0 Å². The van der Waals surface area contributed by atoms with Crippen molar-refractivity contribution in [3.63, 3.8) is 0 Å². The highest BCUT2D eigenvalue weighted by Gasteiger charge is 2.17. The Hall–Kier alpha value is -1.91. The van der Waals surface area contributed by atoms with Crippen molar-refractivity contribution in [3.8, 4) is 5.75 Å². The van der Waals surface area contributed by atoms with Crippen molar-refractivity contribution < 1.29 is 13.2 Å². The zero-order valence-electron chi connectivity index (χ0n) is 11.9. The van der Waals surface area contributed by atoms with Crippen molar-refractivity contribution in [2.24, 2.45) is 5.14 Å². The van der Waals surface area contributed by atoms with Crippen molar-refractivity contribution in [3.05, 3.63) is 28.9 Å². The molecule has 23 heavy (non-hydrogen) atoms. The number of rotatable bonds is 1. The van der Waals surface area contributed by atoms with Crippen LogP contribution in [-0.4, -0.2) is 31.5 Å². The molecule has 0 saturated heterocycles. The molecule has 0 spiro atoms. The van der Waals surface area contributed by atoms with Crippen molar-refractivity contribution in [2.45, 2.75) is 11.3 Å². The molecule has 2 aromatic rings. The Morgan fingerprint density at radius 2 is 2.17 bits per heavy atom. The first kappa shape index (κ1) is 16.0. The number of aromatic nitrogens is 2. The summed E-state index contributed by atoms with van der Waals surface area (Å²) < 4.78 is 29.6. The van der Waals surface area contributed by atoms with Crippen molar-refractivity contribution >= 4 is 43.4 Å². The molecule has 2 heterocycles. The van der Waals surface area contributed by atoms with Crippen LogP contribution in [0.25, 0.3) is 0 Å². The van der Waals surface area contributed by atoms with Gasteiger partial charge in [0.2, 0.25) is 16.0 Å². The fourth-order valence-corrected chi connectivity index (χ4v) is 3.06. The number of primary sulfonamides is 1. The van der Waals surface area contributed by atoms with Gasteiger partial charge in [-0.05, 0) is 34.5 Å². The molecule has 8 nitrogen and oxygen atoms in total. The highest BCUT2D eigenvalue weighted by Crippen LogP contribution is 2.29. The molecule has 1 aliphatic heterocycles. The van der Waals surface area contributed by atoms with Crippen LogP contribution in [0.5, 0.6) is 5.75 Å². The van der Waals surface area contributed by atoms with Gasteiger partial charge < -0.3 is 15.4 Å². The summed E-state index contributed by atoms with van der Waals surface area (Å²) in [6.45, 7) is 0.952. The van der Waals surface area contributed by atoms with Crippen LogP contribution < -0.4 is 20.5 Å². The molecule has 0 radical (unpaired) electrons. The summed E-state index contributed by atoms with van der Waals surface area (Å²) in [7, 11) is -3.86. The van der Waals surface area contributed by atoms with Gasteiger partial charge >= 0.3 is 0 Å². The van der Waals surface area contributed by atoms with Crippen molar-refractivity contribution in [1.29, 1.82) is 0 Å². The summed E-state index contributed by atoms with van der Waals surface area (Å²) in [5.41, 5.74) is 0.598. The van der Waals surface area contributed by atoms with Gasteiger partial charge in [-0.1, -0.05) is 0 Å². The molecule has 10 heteroatoms. The van der Waals surface area contributed by atoms with Gasteiger partial charge in [-0.15, -0.1) is 0 Å². The van der Waals surface area contributed by atoms with Gasteiger partial charge in [0.1, 0.15) is 16.5 Å². The minimum Gasteiger partial charge on any atom is -0.492 e. The van der Waals surface area contributed by atoms with Gasteiger partial charge in [-0.2, -0.15) is 4.98 Å². The predicted octanol–water partition coefficient (Wildman–Crippen LogP) is 1.82. The van der Waals surface area contributed by atoms with E-state index in [0.29, 0.717) is 37.0 Å². The maximum Gasteiger partial charge on any atom is 0.241 e. The number of nitrogens with two attached hydrogens (primary N) is 1. The van der Waals surface area contributed by atoms with E-state index in [-0.39, 0.29) is 10.6 Å². The van der Waals surface area contributed by atoms with Gasteiger partial charge in [0.15, 0.2) is 0 Å². The minimum absolute atomic E-state index is 0.0505. The number of halogens is 1. The third kappa shape index (κ3) is 3.71. The lowest BCUT2D eigenvalue weighted by atomic mass is 10.3. The molecular formula is C13H14BrN5O3S. The third-order valence-corrected chi connectivity index (χ3v) is 4.65. The number of fused-ring (bicyclic) bond motifs is 4. The number of benzene rings is 1. The number of sulfonamides is 1. The molecule has 0 saturated carbocycles. The largest absolute Gasteiger partial charge is 0.492 e. The molecule has 1 aromatic heterocycles. The van der Waals surface area contributed by atoms with E-state index in [0.717, 1.165) is 4.47 Å². The zero-order chi connectivity index (χ0) is 16.4. The number of hydrogen-bond acceptors (Lipinski definition) is 7. The van der Waals surface area contributed by atoms with Crippen LogP contribution in [0.2, 0.25) is 0 Å². The lowest BCUT2D eigenvalue weighted by Gasteiger charge is -2.15. The maximum absolute atomic E-state index is 11.6. The molecule has 1 aliphatic rings. The summed E-state index contributed by atoms with van der Waals surface area (Å²) in [6, 6.07) is 4.55. The molecule has 122 valence electrons. The number of ether oxygens (including phenoxy) is 1. The second kappa shape index (κ2) is 6.30. The number of anilines is 3. The summed E-state index contributed by atoms with van der Waals surface area (Å²) >= 11 is 3.38. The van der Waals surface area contributed by atoms with Gasteiger partial charge in [0, 0.05) is 24.5 Å². The number of nitrogens with one attached hydrogen (secondary N) is 2. The summed E-state index contributed by atoms with van der Waals surface area (Å²) in [5.74, 6) is 1.26. The Morgan fingerprint density at radius 1 is 1.35 bits per heavy atom. The molecule has 0 fully saturated rings. The lowest BCUT2D eigenvalue weighted by Crippen LogP contribution is -2.16. The highest BCUT2D eigenvalue weighted by molar-refractivity contribution is 9.10. The van der Waals surface area contributed by atoms with Crippen molar-refractivity contribution in [1.82, 2.24) is 9.97 Å². The van der Waals surface area contributed by atoms with Gasteiger partial charge in [0.25, 0.3) is 0 Å². The first-order valence-electron chi connectivity index (χ1n) is 6.76. The smallest absolute Gasteiger partial charge is 0.241 e. The SMILES string of the molecule is NS(=O)(=O)c1ccc2cc1OCCCNc1nc(ncc1Br)N2. The van der Waals surface area contributed by atoms with Crippen LogP contribution in [0.15, 0.2) is 33.8 Å². The minimum atomic E-state index is -3.86. The Labute approximate surface area is 141 Å². The molecule has 1 aromatic carbocycles. The van der Waals surface area contributed by atoms with Crippen LogP contribution in [0.1, 0.15) is 6.42 Å². The lowest BCUT2D eigenvalue weighted by molar-refractivity contribution is 0.307. The van der Waals surface area contributed by atoms with E-state index in [1.54, 1.807) is 18.3 Å². The van der Waals surface area contributed by atoms with Crippen molar-refractivity contribution in [2.75, 3.05) is 23.8 Å². The summed E-state index contributed by atoms with van der Waals surface area (Å²) in [5, 5.41) is 11.4. The molecule has 0 atom stereocenters. The Kier molecular flexibility index (Phi) is 4.37. The quantitative estimate of drug-likeness (QED) is 0.668. The molecule has 0 aliphatic carbocycles. The summed E-state index contributed by atoms with van der Waals surface area (Å²) in [4.78, 5) is 8.48. The average molecular weight is 400 g/mol. The first-order valence-corrected chi connectivity index (χ1v) is 9.10. The molecular weight excluding hydrogens is 386 g/mol. The Bertz CT molecular complexity index is 843. The molecule has 4 bridgehead atoms. The van der Waals surface area contributed by atoms with Crippen LogP contribution in [0, 0.1) is 0 Å². The topological polar surface area (TPSA) is 119 Å². The highest BCUT2D eigenvalue weighted by atomic mass is 79.9. The Balaban J connectivity index is 2.04. The average Bonchev–Trinajstić information content (AvgIpc) is 2.48. The van der Waals surface area contributed by atoms with E-state index >= 15 is 0 Å². The fraction of sp³-hybridized carbons (Fsp3) is 0.231. The normalized spacial score (nSPS) is 14.5. The Morgan fingerprint density at radius 3 is 2.96 bits per heavy atom. The zero-order valence-corrected chi connectivity index (χ0v) is 14.3. The molecule has 4 N–H and O–H groups in total. The molecule has 0 unspecified atom stereocenters. The maximum atomic E-state index is 11.6. The number of hydrogen-bond donors (Lipinski definition) is 3. The fourth-order valence-electron chi connectivity index (χ4n) is 2.08. The van der Waals surface area contributed by atoms with E-state index in [1.165, 1.54) is 6.07 Å².